The minimum absolute atomic E-state index is 0.214. The molecule has 0 aliphatic heterocycles. The van der Waals surface area contributed by atoms with Crippen molar-refractivity contribution in [1.29, 1.82) is 0 Å². The molecule has 0 unspecified atom stereocenters. The first-order valence-corrected chi connectivity index (χ1v) is 6.89. The fraction of sp³-hybridized carbons (Fsp3) is 0.250. The number of nitrogens with one attached hydrogen (secondary N) is 1. The first-order chi connectivity index (χ1) is 9.50. The highest BCUT2D eigenvalue weighted by molar-refractivity contribution is 6.34. The number of para-hydroxylation sites is 1. The Balaban J connectivity index is 2.36. The van der Waals surface area contributed by atoms with E-state index in [1.54, 1.807) is 12.3 Å². The maximum Gasteiger partial charge on any atom is 0.257 e. The van der Waals surface area contributed by atoms with Gasteiger partial charge in [-0.1, -0.05) is 43.6 Å². The van der Waals surface area contributed by atoms with Gasteiger partial charge in [0.15, 0.2) is 0 Å². The van der Waals surface area contributed by atoms with Gasteiger partial charge in [0.2, 0.25) is 0 Å². The Morgan fingerprint density at radius 1 is 1.30 bits per heavy atom. The number of halogens is 1. The van der Waals surface area contributed by atoms with E-state index in [-0.39, 0.29) is 5.91 Å². The molecule has 0 bridgehead atoms. The number of aryl methyl sites for hydroxylation is 1. The van der Waals surface area contributed by atoms with Crippen LogP contribution >= 0.6 is 11.6 Å². The molecule has 4 heteroatoms. The maximum atomic E-state index is 12.3. The second-order valence-corrected chi connectivity index (χ2v) is 5.41. The molecule has 0 saturated carbocycles. The fourth-order valence-electron chi connectivity index (χ4n) is 2.08. The van der Waals surface area contributed by atoms with Gasteiger partial charge in [0, 0.05) is 18.1 Å². The average molecular weight is 289 g/mol. The number of hydrogen-bond acceptors (Lipinski definition) is 2. The molecule has 1 aromatic heterocycles. The van der Waals surface area contributed by atoms with Gasteiger partial charge in [0.05, 0.1) is 10.6 Å². The van der Waals surface area contributed by atoms with Crippen LogP contribution in [0.4, 0.5) is 5.69 Å². The number of nitrogens with zero attached hydrogens (tertiary/aromatic N) is 1. The zero-order valence-corrected chi connectivity index (χ0v) is 12.5. The third-order valence-corrected chi connectivity index (χ3v) is 3.48. The Kier molecular flexibility index (Phi) is 4.40. The monoisotopic (exact) mass is 288 g/mol. The van der Waals surface area contributed by atoms with Gasteiger partial charge in [-0.15, -0.1) is 0 Å². The standard InChI is InChI=1S/C16H17ClN2O/c1-10(2)12-6-4-5-11(3)15(12)19-16(20)13-7-8-18-9-14(13)17/h4-10H,1-3H3,(H,19,20). The molecule has 2 aromatic rings. The number of hydrogen-bond donors (Lipinski definition) is 1. The summed E-state index contributed by atoms with van der Waals surface area (Å²) < 4.78 is 0. The lowest BCUT2D eigenvalue weighted by atomic mass is 9.98. The first kappa shape index (κ1) is 14.5. The molecule has 1 N–H and O–H groups in total. The van der Waals surface area contributed by atoms with E-state index in [1.165, 1.54) is 6.20 Å². The van der Waals surface area contributed by atoms with Crippen molar-refractivity contribution in [2.24, 2.45) is 0 Å². The molecule has 2 rings (SSSR count). The number of benzene rings is 1. The van der Waals surface area contributed by atoms with Crippen molar-refractivity contribution in [3.05, 3.63) is 58.4 Å². The number of amides is 1. The maximum absolute atomic E-state index is 12.3. The molecule has 1 amide bonds. The van der Waals surface area contributed by atoms with Crippen LogP contribution in [0.1, 0.15) is 41.3 Å². The summed E-state index contributed by atoms with van der Waals surface area (Å²) in [4.78, 5) is 16.2. The van der Waals surface area contributed by atoms with Crippen molar-refractivity contribution in [3.63, 3.8) is 0 Å². The Morgan fingerprint density at radius 3 is 2.70 bits per heavy atom. The van der Waals surface area contributed by atoms with Crippen molar-refractivity contribution in [2.45, 2.75) is 26.7 Å². The van der Waals surface area contributed by atoms with Crippen LogP contribution in [0.2, 0.25) is 5.02 Å². The molecule has 0 saturated heterocycles. The van der Waals surface area contributed by atoms with Crippen molar-refractivity contribution >= 4 is 23.2 Å². The highest BCUT2D eigenvalue weighted by Gasteiger charge is 2.15. The molecule has 0 radical (unpaired) electrons. The second kappa shape index (κ2) is 6.06. The summed E-state index contributed by atoms with van der Waals surface area (Å²) >= 11 is 6.00. The van der Waals surface area contributed by atoms with Gasteiger partial charge in [0.1, 0.15) is 0 Å². The van der Waals surface area contributed by atoms with E-state index in [2.05, 4.69) is 24.1 Å². The summed E-state index contributed by atoms with van der Waals surface area (Å²) in [6.07, 6.45) is 3.03. The van der Waals surface area contributed by atoms with Crippen LogP contribution in [0.3, 0.4) is 0 Å². The van der Waals surface area contributed by atoms with Crippen LogP contribution in [0.5, 0.6) is 0 Å². The average Bonchev–Trinajstić information content (AvgIpc) is 2.41. The molecule has 0 spiro atoms. The lowest BCUT2D eigenvalue weighted by molar-refractivity contribution is 0.102. The van der Waals surface area contributed by atoms with Crippen LogP contribution in [0, 0.1) is 6.92 Å². The van der Waals surface area contributed by atoms with E-state index in [4.69, 9.17) is 11.6 Å². The van der Waals surface area contributed by atoms with Crippen LogP contribution in [0.15, 0.2) is 36.7 Å². The lowest BCUT2D eigenvalue weighted by Crippen LogP contribution is -2.15. The van der Waals surface area contributed by atoms with Crippen molar-refractivity contribution in [2.75, 3.05) is 5.32 Å². The van der Waals surface area contributed by atoms with Gasteiger partial charge in [-0.3, -0.25) is 9.78 Å². The number of anilines is 1. The third-order valence-electron chi connectivity index (χ3n) is 3.18. The molecule has 3 nitrogen and oxygen atoms in total. The molecule has 0 aliphatic rings. The fourth-order valence-corrected chi connectivity index (χ4v) is 2.29. The van der Waals surface area contributed by atoms with Crippen molar-refractivity contribution < 1.29 is 4.79 Å². The number of pyridine rings is 1. The van der Waals surface area contributed by atoms with Gasteiger partial charge in [0.25, 0.3) is 5.91 Å². The van der Waals surface area contributed by atoms with E-state index in [9.17, 15) is 4.79 Å². The number of rotatable bonds is 3. The Morgan fingerprint density at radius 2 is 2.05 bits per heavy atom. The molecule has 20 heavy (non-hydrogen) atoms. The lowest BCUT2D eigenvalue weighted by Gasteiger charge is -2.16. The SMILES string of the molecule is Cc1cccc(C(C)C)c1NC(=O)c1ccncc1Cl. The summed E-state index contributed by atoms with van der Waals surface area (Å²) in [7, 11) is 0. The summed E-state index contributed by atoms with van der Waals surface area (Å²) in [5.74, 6) is 0.117. The molecule has 0 aliphatic carbocycles. The summed E-state index contributed by atoms with van der Waals surface area (Å²) in [5.41, 5.74) is 3.44. The normalized spacial score (nSPS) is 10.7. The highest BCUT2D eigenvalue weighted by atomic mass is 35.5. The quantitative estimate of drug-likeness (QED) is 0.908. The number of aromatic nitrogens is 1. The second-order valence-electron chi connectivity index (χ2n) is 5.00. The van der Waals surface area contributed by atoms with E-state index in [1.807, 2.05) is 25.1 Å². The van der Waals surface area contributed by atoms with Crippen LogP contribution in [-0.2, 0) is 0 Å². The van der Waals surface area contributed by atoms with Gasteiger partial charge in [-0.2, -0.15) is 0 Å². The minimum Gasteiger partial charge on any atom is -0.321 e. The Labute approximate surface area is 124 Å². The summed E-state index contributed by atoms with van der Waals surface area (Å²) in [6.45, 7) is 6.18. The smallest absolute Gasteiger partial charge is 0.257 e. The largest absolute Gasteiger partial charge is 0.321 e. The predicted molar refractivity (Wildman–Crippen MR) is 82.5 cm³/mol. The zero-order chi connectivity index (χ0) is 14.7. The summed E-state index contributed by atoms with van der Waals surface area (Å²) in [6, 6.07) is 7.63. The predicted octanol–water partition coefficient (Wildman–Crippen LogP) is 4.42. The highest BCUT2D eigenvalue weighted by Crippen LogP contribution is 2.28. The molecule has 104 valence electrons. The summed E-state index contributed by atoms with van der Waals surface area (Å²) in [5, 5.41) is 3.32. The molecule has 0 fully saturated rings. The molecular weight excluding hydrogens is 272 g/mol. The van der Waals surface area contributed by atoms with Gasteiger partial charge >= 0.3 is 0 Å². The molecule has 0 atom stereocenters. The van der Waals surface area contributed by atoms with Gasteiger partial charge in [-0.25, -0.2) is 0 Å². The van der Waals surface area contributed by atoms with Crippen LogP contribution < -0.4 is 5.32 Å². The first-order valence-electron chi connectivity index (χ1n) is 6.51. The molecule has 1 aromatic carbocycles. The van der Waals surface area contributed by atoms with Crippen molar-refractivity contribution in [1.82, 2.24) is 4.98 Å². The molecule has 1 heterocycles. The van der Waals surface area contributed by atoms with E-state index in [0.29, 0.717) is 16.5 Å². The van der Waals surface area contributed by atoms with Gasteiger partial charge in [-0.05, 0) is 30.0 Å². The van der Waals surface area contributed by atoms with Crippen molar-refractivity contribution in [3.8, 4) is 0 Å². The van der Waals surface area contributed by atoms with Crippen LogP contribution in [-0.4, -0.2) is 10.9 Å². The zero-order valence-electron chi connectivity index (χ0n) is 11.8. The number of carbonyl (C=O) groups excluding carboxylic acids is 1. The minimum atomic E-state index is -0.214. The van der Waals surface area contributed by atoms with E-state index < -0.39 is 0 Å². The van der Waals surface area contributed by atoms with E-state index >= 15 is 0 Å². The number of carbonyl (C=O) groups is 1. The Hall–Kier alpha value is -1.87. The Bertz CT molecular complexity index is 638. The molecular formula is C16H17ClN2O. The third kappa shape index (κ3) is 2.99. The topological polar surface area (TPSA) is 42.0 Å². The van der Waals surface area contributed by atoms with E-state index in [0.717, 1.165) is 16.8 Å². The van der Waals surface area contributed by atoms with Gasteiger partial charge < -0.3 is 5.32 Å². The van der Waals surface area contributed by atoms with Crippen LogP contribution in [0.25, 0.3) is 0 Å².